The van der Waals surface area contributed by atoms with Crippen molar-refractivity contribution in [2.45, 2.75) is 26.2 Å². The molecule has 0 bridgehead atoms. The number of nitrogens with zero attached hydrogens (tertiary/aromatic N) is 1. The Morgan fingerprint density at radius 2 is 2.21 bits per heavy atom. The second kappa shape index (κ2) is 4.96. The lowest BCUT2D eigenvalue weighted by Gasteiger charge is -2.00. The molecule has 0 heterocycles. The van der Waals surface area contributed by atoms with Crippen molar-refractivity contribution in [1.82, 2.24) is 0 Å². The van der Waals surface area contributed by atoms with E-state index in [9.17, 15) is 10.1 Å². The van der Waals surface area contributed by atoms with E-state index in [2.05, 4.69) is 6.92 Å². The molecule has 0 spiro atoms. The Morgan fingerprint density at radius 1 is 1.50 bits per heavy atom. The first-order valence-electron chi connectivity index (χ1n) is 4.58. The summed E-state index contributed by atoms with van der Waals surface area (Å²) in [7, 11) is 0. The highest BCUT2D eigenvalue weighted by atomic mass is 35.5. The minimum absolute atomic E-state index is 0.000250. The van der Waals surface area contributed by atoms with E-state index in [1.807, 2.05) is 6.07 Å². The van der Waals surface area contributed by atoms with Gasteiger partial charge in [0.25, 0.3) is 5.69 Å². The first kappa shape index (κ1) is 11.0. The average Bonchev–Trinajstić information content (AvgIpc) is 2.16. The molecule has 3 nitrogen and oxygen atoms in total. The number of aryl methyl sites for hydroxylation is 1. The lowest BCUT2D eigenvalue weighted by molar-refractivity contribution is -0.384. The fourth-order valence-corrected chi connectivity index (χ4v) is 1.42. The molecule has 0 unspecified atom stereocenters. The zero-order chi connectivity index (χ0) is 10.6. The molecule has 0 fully saturated rings. The van der Waals surface area contributed by atoms with Crippen LogP contribution in [0.25, 0.3) is 0 Å². The van der Waals surface area contributed by atoms with Crippen LogP contribution < -0.4 is 0 Å². The van der Waals surface area contributed by atoms with Gasteiger partial charge < -0.3 is 0 Å². The van der Waals surface area contributed by atoms with Crippen LogP contribution in [0.4, 0.5) is 5.69 Å². The molecule has 0 aromatic heterocycles. The fourth-order valence-electron chi connectivity index (χ4n) is 1.23. The van der Waals surface area contributed by atoms with Crippen LogP contribution >= 0.6 is 11.6 Å². The summed E-state index contributed by atoms with van der Waals surface area (Å²) in [4.78, 5) is 10.1. The van der Waals surface area contributed by atoms with Gasteiger partial charge >= 0.3 is 0 Å². The van der Waals surface area contributed by atoms with Crippen LogP contribution in [-0.4, -0.2) is 4.92 Å². The van der Waals surface area contributed by atoms with E-state index >= 15 is 0 Å². The average molecular weight is 214 g/mol. The van der Waals surface area contributed by atoms with Crippen molar-refractivity contribution in [2.75, 3.05) is 0 Å². The van der Waals surface area contributed by atoms with Gasteiger partial charge in [-0.15, -0.1) is 0 Å². The van der Waals surface area contributed by atoms with Crippen molar-refractivity contribution >= 4 is 17.3 Å². The van der Waals surface area contributed by atoms with Crippen molar-refractivity contribution in [3.8, 4) is 0 Å². The zero-order valence-electron chi connectivity index (χ0n) is 8.00. The number of benzene rings is 1. The first-order valence-corrected chi connectivity index (χ1v) is 4.95. The maximum atomic E-state index is 10.6. The van der Waals surface area contributed by atoms with Crippen LogP contribution in [0.3, 0.4) is 0 Å². The summed E-state index contributed by atoms with van der Waals surface area (Å²) in [6, 6.07) is 4.98. The molecule has 4 heteroatoms. The summed E-state index contributed by atoms with van der Waals surface area (Å²) in [5.74, 6) is 0. The topological polar surface area (TPSA) is 43.1 Å². The van der Waals surface area contributed by atoms with Gasteiger partial charge in [0, 0.05) is 6.07 Å². The quantitative estimate of drug-likeness (QED) is 0.567. The zero-order valence-corrected chi connectivity index (χ0v) is 8.75. The molecule has 0 saturated carbocycles. The lowest BCUT2D eigenvalue weighted by Crippen LogP contribution is -1.92. The number of halogens is 1. The van der Waals surface area contributed by atoms with Gasteiger partial charge in [-0.3, -0.25) is 10.1 Å². The van der Waals surface area contributed by atoms with Gasteiger partial charge in [-0.1, -0.05) is 31.0 Å². The van der Waals surface area contributed by atoms with Crippen LogP contribution in [0, 0.1) is 10.1 Å². The number of hydrogen-bond donors (Lipinski definition) is 0. The first-order chi connectivity index (χ1) is 6.65. The van der Waals surface area contributed by atoms with Crippen LogP contribution in [0.2, 0.25) is 5.02 Å². The molecule has 76 valence electrons. The predicted molar refractivity (Wildman–Crippen MR) is 56.7 cm³/mol. The van der Waals surface area contributed by atoms with Crippen molar-refractivity contribution in [2.24, 2.45) is 0 Å². The molecule has 1 aromatic carbocycles. The largest absolute Gasteiger partial charge is 0.288 e. The van der Waals surface area contributed by atoms with E-state index in [0.717, 1.165) is 24.8 Å². The van der Waals surface area contributed by atoms with E-state index in [1.54, 1.807) is 12.1 Å². The molecule has 1 rings (SSSR count). The number of rotatable bonds is 4. The van der Waals surface area contributed by atoms with Gasteiger partial charge in [-0.25, -0.2) is 0 Å². The Bertz CT molecular complexity index is 339. The molecule has 0 amide bonds. The lowest BCUT2D eigenvalue weighted by atomic mass is 10.1. The Hall–Kier alpha value is -1.09. The fraction of sp³-hybridized carbons (Fsp3) is 0.400. The minimum Gasteiger partial charge on any atom is -0.258 e. The molecule has 0 saturated heterocycles. The van der Waals surface area contributed by atoms with Gasteiger partial charge in [0.05, 0.1) is 4.92 Å². The maximum absolute atomic E-state index is 10.6. The monoisotopic (exact) mass is 213 g/mol. The van der Waals surface area contributed by atoms with Crippen LogP contribution in [0.5, 0.6) is 0 Å². The Morgan fingerprint density at radius 3 is 2.79 bits per heavy atom. The number of unbranched alkanes of at least 4 members (excludes halogenated alkanes) is 1. The summed E-state index contributed by atoms with van der Waals surface area (Å²) < 4.78 is 0. The molecule has 14 heavy (non-hydrogen) atoms. The van der Waals surface area contributed by atoms with Crippen molar-refractivity contribution < 1.29 is 4.92 Å². The summed E-state index contributed by atoms with van der Waals surface area (Å²) in [5, 5.41) is 10.8. The summed E-state index contributed by atoms with van der Waals surface area (Å²) >= 11 is 5.68. The third-order valence-electron chi connectivity index (χ3n) is 2.03. The minimum atomic E-state index is -0.447. The number of nitro benzene ring substituents is 1. The standard InChI is InChI=1S/C10H12ClNO2/c1-2-3-4-8-5-6-9(11)10(7-8)12(13)14/h5-7H,2-4H2,1H3. The summed E-state index contributed by atoms with van der Waals surface area (Å²) in [6.07, 6.45) is 2.99. The second-order valence-corrected chi connectivity index (χ2v) is 3.55. The van der Waals surface area contributed by atoms with Gasteiger partial charge in [0.15, 0.2) is 0 Å². The van der Waals surface area contributed by atoms with E-state index in [0.29, 0.717) is 0 Å². The van der Waals surface area contributed by atoms with Crippen molar-refractivity contribution in [3.63, 3.8) is 0 Å². The van der Waals surface area contributed by atoms with Gasteiger partial charge in [0.1, 0.15) is 5.02 Å². The molecule has 1 aromatic rings. The molecule has 0 aliphatic heterocycles. The normalized spacial score (nSPS) is 10.1. The van der Waals surface area contributed by atoms with Crippen LogP contribution in [0.1, 0.15) is 25.3 Å². The number of hydrogen-bond acceptors (Lipinski definition) is 2. The highest BCUT2D eigenvalue weighted by Crippen LogP contribution is 2.25. The highest BCUT2D eigenvalue weighted by Gasteiger charge is 2.11. The van der Waals surface area contributed by atoms with E-state index in [4.69, 9.17) is 11.6 Å². The molecule has 0 N–H and O–H groups in total. The van der Waals surface area contributed by atoms with Crippen molar-refractivity contribution in [3.05, 3.63) is 38.9 Å². The third-order valence-corrected chi connectivity index (χ3v) is 2.35. The molecule has 0 atom stereocenters. The van der Waals surface area contributed by atoms with Gasteiger partial charge in [-0.2, -0.15) is 0 Å². The van der Waals surface area contributed by atoms with Gasteiger partial charge in [-0.05, 0) is 24.5 Å². The maximum Gasteiger partial charge on any atom is 0.288 e. The third kappa shape index (κ3) is 2.70. The van der Waals surface area contributed by atoms with E-state index in [-0.39, 0.29) is 10.7 Å². The Labute approximate surface area is 87.8 Å². The van der Waals surface area contributed by atoms with E-state index in [1.165, 1.54) is 0 Å². The van der Waals surface area contributed by atoms with Gasteiger partial charge in [0.2, 0.25) is 0 Å². The van der Waals surface area contributed by atoms with Crippen LogP contribution in [-0.2, 0) is 6.42 Å². The summed E-state index contributed by atoms with van der Waals surface area (Å²) in [5.41, 5.74) is 0.975. The molecule has 0 radical (unpaired) electrons. The Kier molecular flexibility index (Phi) is 3.89. The highest BCUT2D eigenvalue weighted by molar-refractivity contribution is 6.32. The molecule has 0 aliphatic carbocycles. The molecular formula is C10H12ClNO2. The molecule has 0 aliphatic rings. The van der Waals surface area contributed by atoms with Crippen LogP contribution in [0.15, 0.2) is 18.2 Å². The Balaban J connectivity index is 2.89. The molecular weight excluding hydrogens is 202 g/mol. The predicted octanol–water partition coefficient (Wildman–Crippen LogP) is 3.59. The summed E-state index contributed by atoms with van der Waals surface area (Å²) in [6.45, 7) is 2.09. The number of nitro groups is 1. The van der Waals surface area contributed by atoms with Crippen molar-refractivity contribution in [1.29, 1.82) is 0 Å². The van der Waals surface area contributed by atoms with E-state index < -0.39 is 4.92 Å². The second-order valence-electron chi connectivity index (χ2n) is 3.15. The SMILES string of the molecule is CCCCc1ccc(Cl)c([N+](=O)[O-])c1. The smallest absolute Gasteiger partial charge is 0.258 e.